The van der Waals surface area contributed by atoms with E-state index in [-0.39, 0.29) is 5.91 Å². The third kappa shape index (κ3) is 3.05. The molecular weight excluding hydrogens is 324 g/mol. The fourth-order valence-corrected chi connectivity index (χ4v) is 4.63. The number of hydrogen-bond donors (Lipinski definition) is 1. The molecule has 2 aromatic rings. The van der Waals surface area contributed by atoms with Gasteiger partial charge in [-0.15, -0.1) is 0 Å². The molecular formula is C21H28N4O. The second-order valence-electron chi connectivity index (χ2n) is 7.88. The average Bonchev–Trinajstić information content (AvgIpc) is 3.25. The van der Waals surface area contributed by atoms with Crippen molar-refractivity contribution in [3.05, 3.63) is 53.1 Å². The van der Waals surface area contributed by atoms with Gasteiger partial charge in [0.1, 0.15) is 11.4 Å². The number of piperidine rings is 1. The Kier molecular flexibility index (Phi) is 4.57. The first-order valence-electron chi connectivity index (χ1n) is 9.66. The molecule has 5 heteroatoms. The molecule has 0 unspecified atom stereocenters. The van der Waals surface area contributed by atoms with E-state index in [1.165, 1.54) is 30.4 Å². The number of H-pyrrole nitrogens is 1. The van der Waals surface area contributed by atoms with E-state index in [2.05, 4.69) is 39.1 Å². The van der Waals surface area contributed by atoms with Gasteiger partial charge in [-0.1, -0.05) is 30.7 Å². The molecule has 1 amide bonds. The van der Waals surface area contributed by atoms with Gasteiger partial charge in [-0.05, 0) is 44.0 Å². The predicted octanol–water partition coefficient (Wildman–Crippen LogP) is 2.70. The maximum absolute atomic E-state index is 13.7. The van der Waals surface area contributed by atoms with Crippen LogP contribution in [0.15, 0.2) is 30.5 Å². The number of likely N-dealkylation sites (tertiary alicyclic amines) is 1. The fourth-order valence-electron chi connectivity index (χ4n) is 4.63. The molecule has 1 aliphatic heterocycles. The number of benzene rings is 1. The van der Waals surface area contributed by atoms with Crippen LogP contribution in [0.5, 0.6) is 0 Å². The van der Waals surface area contributed by atoms with Crippen LogP contribution < -0.4 is 0 Å². The summed E-state index contributed by atoms with van der Waals surface area (Å²) >= 11 is 0. The van der Waals surface area contributed by atoms with Crippen LogP contribution in [0.2, 0.25) is 0 Å². The molecule has 5 nitrogen and oxygen atoms in total. The lowest BCUT2D eigenvalue weighted by atomic mass is 9.89. The Labute approximate surface area is 155 Å². The number of likely N-dealkylation sites (N-methyl/N-ethyl adjacent to an activating group) is 1. The number of imidazole rings is 1. The number of aromatic nitrogens is 2. The van der Waals surface area contributed by atoms with E-state index in [4.69, 9.17) is 0 Å². The van der Waals surface area contributed by atoms with Crippen molar-refractivity contribution in [2.45, 2.75) is 51.1 Å². The number of carbonyl (C=O) groups is 1. The van der Waals surface area contributed by atoms with Crippen molar-refractivity contribution in [3.8, 4) is 0 Å². The fraction of sp³-hybridized carbons (Fsp3) is 0.524. The second kappa shape index (κ2) is 6.88. The van der Waals surface area contributed by atoms with Gasteiger partial charge in [-0.3, -0.25) is 9.69 Å². The van der Waals surface area contributed by atoms with Gasteiger partial charge < -0.3 is 9.88 Å². The number of fused-ring (bicyclic) bond motifs is 1. The first-order valence-corrected chi connectivity index (χ1v) is 9.66. The predicted molar refractivity (Wildman–Crippen MR) is 102 cm³/mol. The van der Waals surface area contributed by atoms with Crippen LogP contribution >= 0.6 is 0 Å². The minimum Gasteiger partial charge on any atom is -0.345 e. The summed E-state index contributed by atoms with van der Waals surface area (Å²) in [5.41, 5.74) is 3.25. The minimum absolute atomic E-state index is 0.227. The average molecular weight is 352 g/mol. The molecule has 2 heterocycles. The highest BCUT2D eigenvalue weighted by molar-refractivity contribution is 5.88. The normalized spacial score (nSPS) is 19.3. The Bertz CT molecular complexity index is 766. The number of amides is 1. The standard InChI is InChI=1S/C21H28N4O/c1-16-14-22-19(23-16)15-24(2)20(26)21(25-10-6-3-7-11-25)12-17-8-4-5-9-18(17)13-21/h4-5,8-9,14H,3,6-7,10-13,15H2,1-2H3,(H,22,23). The van der Waals surface area contributed by atoms with Crippen LogP contribution in [0.4, 0.5) is 0 Å². The van der Waals surface area contributed by atoms with Gasteiger partial charge in [0, 0.05) is 31.8 Å². The minimum atomic E-state index is -0.430. The summed E-state index contributed by atoms with van der Waals surface area (Å²) < 4.78 is 0. The molecule has 0 spiro atoms. The molecule has 1 fully saturated rings. The van der Waals surface area contributed by atoms with Crippen LogP contribution in [-0.4, -0.2) is 51.4 Å². The molecule has 1 aliphatic carbocycles. The Morgan fingerprint density at radius 2 is 1.85 bits per heavy atom. The number of aromatic amines is 1. The van der Waals surface area contributed by atoms with E-state index in [1.54, 1.807) is 0 Å². The van der Waals surface area contributed by atoms with Gasteiger partial charge in [-0.2, -0.15) is 0 Å². The van der Waals surface area contributed by atoms with Gasteiger partial charge in [0.15, 0.2) is 0 Å². The molecule has 0 saturated carbocycles. The van der Waals surface area contributed by atoms with Crippen molar-refractivity contribution < 1.29 is 4.79 Å². The van der Waals surface area contributed by atoms with E-state index in [9.17, 15) is 4.79 Å². The smallest absolute Gasteiger partial charge is 0.243 e. The summed E-state index contributed by atoms with van der Waals surface area (Å²) in [4.78, 5) is 25.6. The van der Waals surface area contributed by atoms with Gasteiger partial charge >= 0.3 is 0 Å². The highest BCUT2D eigenvalue weighted by Crippen LogP contribution is 2.37. The van der Waals surface area contributed by atoms with E-state index in [0.717, 1.165) is 37.4 Å². The first kappa shape index (κ1) is 17.3. The number of nitrogens with one attached hydrogen (secondary N) is 1. The monoisotopic (exact) mass is 352 g/mol. The number of hydrogen-bond acceptors (Lipinski definition) is 3. The quantitative estimate of drug-likeness (QED) is 0.920. The largest absolute Gasteiger partial charge is 0.345 e. The topological polar surface area (TPSA) is 52.2 Å². The van der Waals surface area contributed by atoms with Crippen molar-refractivity contribution >= 4 is 5.91 Å². The molecule has 138 valence electrons. The molecule has 0 bridgehead atoms. The maximum atomic E-state index is 13.7. The molecule has 1 aromatic heterocycles. The van der Waals surface area contributed by atoms with Crippen LogP contribution in [0.1, 0.15) is 41.9 Å². The van der Waals surface area contributed by atoms with Crippen molar-refractivity contribution in [2.24, 2.45) is 0 Å². The summed E-state index contributed by atoms with van der Waals surface area (Å²) in [6.45, 7) is 4.56. The Morgan fingerprint density at radius 3 is 2.42 bits per heavy atom. The van der Waals surface area contributed by atoms with E-state index in [1.807, 2.05) is 25.1 Å². The molecule has 1 saturated heterocycles. The number of nitrogens with zero attached hydrogens (tertiary/aromatic N) is 3. The molecule has 0 atom stereocenters. The van der Waals surface area contributed by atoms with Crippen LogP contribution in [-0.2, 0) is 24.2 Å². The Balaban J connectivity index is 1.61. The highest BCUT2D eigenvalue weighted by atomic mass is 16.2. The van der Waals surface area contributed by atoms with Gasteiger partial charge in [0.25, 0.3) is 0 Å². The summed E-state index contributed by atoms with van der Waals surface area (Å²) in [6, 6.07) is 8.55. The maximum Gasteiger partial charge on any atom is 0.243 e. The molecule has 0 radical (unpaired) electrons. The Hall–Kier alpha value is -2.14. The lowest BCUT2D eigenvalue weighted by Gasteiger charge is -2.44. The highest BCUT2D eigenvalue weighted by Gasteiger charge is 2.49. The molecule has 26 heavy (non-hydrogen) atoms. The molecule has 1 N–H and O–H groups in total. The van der Waals surface area contributed by atoms with E-state index in [0.29, 0.717) is 6.54 Å². The lowest BCUT2D eigenvalue weighted by molar-refractivity contribution is -0.144. The van der Waals surface area contributed by atoms with Crippen molar-refractivity contribution in [2.75, 3.05) is 20.1 Å². The van der Waals surface area contributed by atoms with Gasteiger partial charge in [0.05, 0.1) is 6.54 Å². The summed E-state index contributed by atoms with van der Waals surface area (Å²) in [5.74, 6) is 1.08. The first-order chi connectivity index (χ1) is 12.6. The van der Waals surface area contributed by atoms with Crippen LogP contribution in [0, 0.1) is 6.92 Å². The van der Waals surface area contributed by atoms with Gasteiger partial charge in [-0.25, -0.2) is 4.98 Å². The summed E-state index contributed by atoms with van der Waals surface area (Å²) in [6.07, 6.45) is 7.11. The van der Waals surface area contributed by atoms with Crippen LogP contribution in [0.25, 0.3) is 0 Å². The zero-order valence-electron chi connectivity index (χ0n) is 15.8. The third-order valence-corrected chi connectivity index (χ3v) is 5.93. The van der Waals surface area contributed by atoms with Crippen molar-refractivity contribution in [1.82, 2.24) is 19.8 Å². The zero-order valence-corrected chi connectivity index (χ0v) is 15.8. The van der Waals surface area contributed by atoms with E-state index < -0.39 is 5.54 Å². The Morgan fingerprint density at radius 1 is 1.19 bits per heavy atom. The summed E-state index contributed by atoms with van der Waals surface area (Å²) in [7, 11) is 1.91. The lowest BCUT2D eigenvalue weighted by Crippen LogP contribution is -2.61. The number of aryl methyl sites for hydroxylation is 1. The SMILES string of the molecule is Cc1cnc(CN(C)C(=O)C2(N3CCCCC3)Cc3ccccc3C2)[nH]1. The van der Waals surface area contributed by atoms with E-state index >= 15 is 0 Å². The zero-order chi connectivity index (χ0) is 18.1. The molecule has 1 aromatic carbocycles. The second-order valence-corrected chi connectivity index (χ2v) is 7.88. The number of carbonyl (C=O) groups excluding carboxylic acids is 1. The van der Waals surface area contributed by atoms with Crippen molar-refractivity contribution in [1.29, 1.82) is 0 Å². The summed E-state index contributed by atoms with van der Waals surface area (Å²) in [5, 5.41) is 0. The van der Waals surface area contributed by atoms with Gasteiger partial charge in [0.2, 0.25) is 5.91 Å². The molecule has 2 aliphatic rings. The number of rotatable bonds is 4. The molecule has 4 rings (SSSR count). The van der Waals surface area contributed by atoms with Crippen LogP contribution in [0.3, 0.4) is 0 Å². The third-order valence-electron chi connectivity index (χ3n) is 5.93. The van der Waals surface area contributed by atoms with Crippen molar-refractivity contribution in [3.63, 3.8) is 0 Å².